The van der Waals surface area contributed by atoms with Crippen LogP contribution in [0.1, 0.15) is 41.5 Å². The lowest BCUT2D eigenvalue weighted by Crippen LogP contribution is -2.16. The summed E-state index contributed by atoms with van der Waals surface area (Å²) in [7, 11) is 1.72. The Morgan fingerprint density at radius 2 is 1.50 bits per heavy atom. The Balaban J connectivity index is -0.000000175. The maximum absolute atomic E-state index is 10.4. The predicted octanol–water partition coefficient (Wildman–Crippen LogP) is 3.05. The molecule has 0 aliphatic carbocycles. The van der Waals surface area contributed by atoms with Crippen molar-refractivity contribution < 1.29 is 4.79 Å². The Kier molecular flexibility index (Phi) is 24.1. The molecule has 0 saturated carbocycles. The summed E-state index contributed by atoms with van der Waals surface area (Å²) in [6.45, 7) is 11.4. The molecule has 0 saturated heterocycles. The molecule has 1 amide bonds. The van der Waals surface area contributed by atoms with E-state index in [1.807, 2.05) is 40.7 Å². The molecule has 0 fully saturated rings. The molecule has 0 aliphatic rings. The van der Waals surface area contributed by atoms with Crippen molar-refractivity contribution in [1.29, 1.82) is 0 Å². The van der Waals surface area contributed by atoms with Crippen molar-refractivity contribution in [1.82, 2.24) is 4.90 Å². The number of allylic oxidation sites excluding steroid dienone is 1. The number of hydrogen-bond acceptors (Lipinski definition) is 1. The molecular formula is C10H23NO. The molecule has 0 spiro atoms. The minimum absolute atomic E-state index is 0.0584. The topological polar surface area (TPSA) is 20.3 Å². The Bertz CT molecular complexity index is 108. The van der Waals surface area contributed by atoms with Gasteiger partial charge in [0.15, 0.2) is 0 Å². The van der Waals surface area contributed by atoms with E-state index in [0.717, 1.165) is 0 Å². The summed E-state index contributed by atoms with van der Waals surface area (Å²) in [6, 6.07) is 0. The second-order valence-corrected chi connectivity index (χ2v) is 1.61. The molecule has 0 aromatic rings. The van der Waals surface area contributed by atoms with Gasteiger partial charge < -0.3 is 4.90 Å². The van der Waals surface area contributed by atoms with Crippen molar-refractivity contribution >= 4 is 5.91 Å². The van der Waals surface area contributed by atoms with Gasteiger partial charge in [0.05, 0.1) is 0 Å². The van der Waals surface area contributed by atoms with E-state index in [2.05, 4.69) is 0 Å². The van der Waals surface area contributed by atoms with Gasteiger partial charge in [0.25, 0.3) is 0 Å². The van der Waals surface area contributed by atoms with E-state index in [4.69, 9.17) is 0 Å². The number of rotatable bonds is 1. The van der Waals surface area contributed by atoms with Crippen LogP contribution in [-0.4, -0.2) is 17.9 Å². The summed E-state index contributed by atoms with van der Waals surface area (Å²) < 4.78 is 0. The Morgan fingerprint density at radius 1 is 1.17 bits per heavy atom. The SMILES string of the molecule is C/C=C\N(C)C(C)=O.CC.CC. The highest BCUT2D eigenvalue weighted by Crippen LogP contribution is 1.82. The van der Waals surface area contributed by atoms with Gasteiger partial charge in [0, 0.05) is 20.2 Å². The molecule has 0 aromatic carbocycles. The predicted molar refractivity (Wildman–Crippen MR) is 56.0 cm³/mol. The number of carbonyl (C=O) groups excluding carboxylic acids is 1. The quantitative estimate of drug-likeness (QED) is 0.597. The van der Waals surface area contributed by atoms with Crippen molar-refractivity contribution in [3.05, 3.63) is 12.3 Å². The van der Waals surface area contributed by atoms with Crippen LogP contribution in [0.25, 0.3) is 0 Å². The number of hydrogen-bond donors (Lipinski definition) is 0. The highest BCUT2D eigenvalue weighted by Gasteiger charge is 1.92. The molecule has 0 rings (SSSR count). The fraction of sp³-hybridized carbons (Fsp3) is 0.700. The summed E-state index contributed by atoms with van der Waals surface area (Å²) in [4.78, 5) is 11.9. The number of carbonyl (C=O) groups is 1. The Morgan fingerprint density at radius 3 is 1.58 bits per heavy atom. The lowest BCUT2D eigenvalue weighted by atomic mass is 10.6. The lowest BCUT2D eigenvalue weighted by molar-refractivity contribution is -0.125. The molecule has 74 valence electrons. The normalized spacial score (nSPS) is 7.58. The second kappa shape index (κ2) is 16.7. The van der Waals surface area contributed by atoms with Crippen molar-refractivity contribution in [2.24, 2.45) is 0 Å². The van der Waals surface area contributed by atoms with E-state index in [0.29, 0.717) is 0 Å². The maximum atomic E-state index is 10.4. The van der Waals surface area contributed by atoms with Gasteiger partial charge in [-0.15, -0.1) is 0 Å². The van der Waals surface area contributed by atoms with Crippen LogP contribution in [0, 0.1) is 0 Å². The molecule has 12 heavy (non-hydrogen) atoms. The fourth-order valence-electron chi connectivity index (χ4n) is 0.329. The minimum Gasteiger partial charge on any atom is -0.323 e. The third-order valence-electron chi connectivity index (χ3n) is 0.869. The second-order valence-electron chi connectivity index (χ2n) is 1.61. The molecule has 0 unspecified atom stereocenters. The number of nitrogens with zero attached hydrogens (tertiary/aromatic N) is 1. The van der Waals surface area contributed by atoms with Crippen molar-refractivity contribution in [3.8, 4) is 0 Å². The van der Waals surface area contributed by atoms with Crippen LogP contribution in [0.15, 0.2) is 12.3 Å². The van der Waals surface area contributed by atoms with Gasteiger partial charge in [-0.3, -0.25) is 4.79 Å². The zero-order valence-electron chi connectivity index (χ0n) is 9.51. The van der Waals surface area contributed by atoms with E-state index in [1.54, 1.807) is 13.2 Å². The average Bonchev–Trinajstić information content (AvgIpc) is 2.12. The van der Waals surface area contributed by atoms with Gasteiger partial charge in [-0.2, -0.15) is 0 Å². The molecular weight excluding hydrogens is 150 g/mol. The van der Waals surface area contributed by atoms with Crippen molar-refractivity contribution in [2.75, 3.05) is 7.05 Å². The zero-order chi connectivity index (χ0) is 10.6. The summed E-state index contributed by atoms with van der Waals surface area (Å²) >= 11 is 0. The monoisotopic (exact) mass is 173 g/mol. The molecule has 0 aliphatic heterocycles. The van der Waals surface area contributed by atoms with Crippen LogP contribution in [0.4, 0.5) is 0 Å². The first kappa shape index (κ1) is 17.3. The van der Waals surface area contributed by atoms with Crippen molar-refractivity contribution in [2.45, 2.75) is 41.5 Å². The average molecular weight is 173 g/mol. The summed E-state index contributed by atoms with van der Waals surface area (Å²) in [6.07, 6.45) is 3.55. The molecule has 0 aromatic heterocycles. The van der Waals surface area contributed by atoms with E-state index in [-0.39, 0.29) is 5.91 Å². The van der Waals surface area contributed by atoms with Gasteiger partial charge in [0.1, 0.15) is 0 Å². The van der Waals surface area contributed by atoms with Gasteiger partial charge in [-0.05, 0) is 6.92 Å². The molecule has 0 radical (unpaired) electrons. The highest BCUT2D eigenvalue weighted by molar-refractivity contribution is 5.73. The van der Waals surface area contributed by atoms with Gasteiger partial charge >= 0.3 is 0 Å². The van der Waals surface area contributed by atoms with E-state index in [9.17, 15) is 4.79 Å². The van der Waals surface area contributed by atoms with Crippen LogP contribution >= 0.6 is 0 Å². The van der Waals surface area contributed by atoms with Crippen LogP contribution in [0.2, 0.25) is 0 Å². The molecule has 0 heterocycles. The van der Waals surface area contributed by atoms with Crippen molar-refractivity contribution in [3.63, 3.8) is 0 Å². The van der Waals surface area contributed by atoms with Crippen LogP contribution in [-0.2, 0) is 4.79 Å². The molecule has 0 bridgehead atoms. The molecule has 2 heteroatoms. The highest BCUT2D eigenvalue weighted by atomic mass is 16.2. The van der Waals surface area contributed by atoms with Gasteiger partial charge in [-0.1, -0.05) is 33.8 Å². The Hall–Kier alpha value is -0.790. The minimum atomic E-state index is 0.0584. The summed E-state index contributed by atoms with van der Waals surface area (Å²) in [5.74, 6) is 0.0584. The largest absolute Gasteiger partial charge is 0.323 e. The fourth-order valence-corrected chi connectivity index (χ4v) is 0.329. The molecule has 2 nitrogen and oxygen atoms in total. The summed E-state index contributed by atoms with van der Waals surface area (Å²) in [5.41, 5.74) is 0. The van der Waals surface area contributed by atoms with Crippen LogP contribution < -0.4 is 0 Å². The third kappa shape index (κ3) is 16.1. The maximum Gasteiger partial charge on any atom is 0.223 e. The van der Waals surface area contributed by atoms with E-state index in [1.165, 1.54) is 11.8 Å². The van der Waals surface area contributed by atoms with Crippen LogP contribution in [0.5, 0.6) is 0 Å². The summed E-state index contributed by atoms with van der Waals surface area (Å²) in [5, 5.41) is 0. The lowest BCUT2D eigenvalue weighted by Gasteiger charge is -2.05. The Labute approximate surface area is 77.3 Å². The molecule has 0 N–H and O–H groups in total. The zero-order valence-corrected chi connectivity index (χ0v) is 9.51. The van der Waals surface area contributed by atoms with E-state index < -0.39 is 0 Å². The number of amides is 1. The third-order valence-corrected chi connectivity index (χ3v) is 0.869. The van der Waals surface area contributed by atoms with Gasteiger partial charge in [0.2, 0.25) is 5.91 Å². The first-order valence-corrected chi connectivity index (χ1v) is 4.54. The van der Waals surface area contributed by atoms with E-state index >= 15 is 0 Å². The molecule has 0 atom stereocenters. The van der Waals surface area contributed by atoms with Gasteiger partial charge in [-0.25, -0.2) is 0 Å². The smallest absolute Gasteiger partial charge is 0.223 e. The first-order valence-electron chi connectivity index (χ1n) is 4.54. The first-order chi connectivity index (χ1) is 5.68. The standard InChI is InChI=1S/C6H11NO.2C2H6/c1-4-5-7(3)6(2)8;2*1-2/h4-5H,1-3H3;2*1-2H3/b5-4-;;. The van der Waals surface area contributed by atoms with Crippen LogP contribution in [0.3, 0.4) is 0 Å².